The number of carboxylic acids is 1. The van der Waals surface area contributed by atoms with Gasteiger partial charge in [-0.25, -0.2) is 4.79 Å². The van der Waals surface area contributed by atoms with Gasteiger partial charge in [0.05, 0.1) is 6.42 Å². The molecule has 5 nitrogen and oxygen atoms in total. The summed E-state index contributed by atoms with van der Waals surface area (Å²) in [7, 11) is 0. The number of hydrogen-bond donors (Lipinski definition) is 2. The van der Waals surface area contributed by atoms with Crippen LogP contribution in [0.2, 0.25) is 0 Å². The zero-order valence-corrected chi connectivity index (χ0v) is 12.2. The van der Waals surface area contributed by atoms with Crippen molar-refractivity contribution in [2.24, 2.45) is 5.41 Å². The summed E-state index contributed by atoms with van der Waals surface area (Å²) in [6, 6.07) is -0.0381. The molecule has 108 valence electrons. The molecular weight excluding hydrogens is 264 g/mol. The Balaban J connectivity index is 1.80. The van der Waals surface area contributed by atoms with Crippen molar-refractivity contribution in [3.63, 3.8) is 0 Å². The lowest BCUT2D eigenvalue weighted by Crippen LogP contribution is -2.50. The van der Waals surface area contributed by atoms with E-state index in [4.69, 9.17) is 5.11 Å². The minimum absolute atomic E-state index is 0.0381. The second-order valence-electron chi connectivity index (χ2n) is 5.71. The van der Waals surface area contributed by atoms with Crippen LogP contribution in [0.5, 0.6) is 0 Å². The Morgan fingerprint density at radius 2 is 2.21 bits per heavy atom. The first kappa shape index (κ1) is 14.5. The number of amides is 2. The van der Waals surface area contributed by atoms with Gasteiger partial charge in [0.2, 0.25) is 0 Å². The number of hydrogen-bond acceptors (Lipinski definition) is 3. The van der Waals surface area contributed by atoms with E-state index in [2.05, 4.69) is 12.2 Å². The molecule has 1 heterocycles. The minimum Gasteiger partial charge on any atom is -0.481 e. The van der Waals surface area contributed by atoms with Gasteiger partial charge in [-0.2, -0.15) is 11.8 Å². The average Bonchev–Trinajstić information content (AvgIpc) is 2.31. The molecule has 2 rings (SSSR count). The van der Waals surface area contributed by atoms with Gasteiger partial charge < -0.3 is 15.3 Å². The molecular formula is C13H22N2O3S. The van der Waals surface area contributed by atoms with Crippen LogP contribution in [0.3, 0.4) is 0 Å². The van der Waals surface area contributed by atoms with Gasteiger partial charge in [-0.1, -0.05) is 13.3 Å². The van der Waals surface area contributed by atoms with Crippen LogP contribution >= 0.6 is 11.8 Å². The van der Waals surface area contributed by atoms with Gasteiger partial charge in [-0.15, -0.1) is 0 Å². The molecule has 1 unspecified atom stereocenters. The Morgan fingerprint density at radius 3 is 2.74 bits per heavy atom. The van der Waals surface area contributed by atoms with Crippen molar-refractivity contribution in [3.8, 4) is 0 Å². The summed E-state index contributed by atoms with van der Waals surface area (Å²) in [6.45, 7) is 4.19. The number of nitrogens with one attached hydrogen (secondary N) is 1. The van der Waals surface area contributed by atoms with Crippen molar-refractivity contribution in [1.29, 1.82) is 0 Å². The molecule has 1 saturated carbocycles. The van der Waals surface area contributed by atoms with Gasteiger partial charge in [-0.3, -0.25) is 4.79 Å². The maximum absolute atomic E-state index is 12.1. The molecule has 2 N–H and O–H groups in total. The molecule has 0 aromatic heterocycles. The van der Waals surface area contributed by atoms with Crippen LogP contribution < -0.4 is 5.32 Å². The molecule has 1 aliphatic heterocycles. The number of carboxylic acid groups (broad SMARTS) is 1. The number of carbonyl (C=O) groups is 2. The first-order chi connectivity index (χ1) is 9.01. The van der Waals surface area contributed by atoms with Crippen LogP contribution in [0.15, 0.2) is 0 Å². The predicted molar refractivity (Wildman–Crippen MR) is 75.4 cm³/mol. The molecule has 0 aromatic carbocycles. The molecule has 0 bridgehead atoms. The third-order valence-corrected chi connectivity index (χ3v) is 5.22. The molecule has 2 amide bonds. The molecule has 1 saturated heterocycles. The number of nitrogens with zero attached hydrogens (tertiary/aromatic N) is 1. The zero-order chi connectivity index (χ0) is 13.9. The van der Waals surface area contributed by atoms with E-state index in [0.29, 0.717) is 11.8 Å². The van der Waals surface area contributed by atoms with E-state index in [9.17, 15) is 9.59 Å². The third kappa shape index (κ3) is 3.78. The maximum Gasteiger partial charge on any atom is 0.317 e. The van der Waals surface area contributed by atoms with Crippen LogP contribution in [0.4, 0.5) is 4.79 Å². The van der Waals surface area contributed by atoms with Crippen molar-refractivity contribution < 1.29 is 14.7 Å². The second kappa shape index (κ2) is 6.03. The van der Waals surface area contributed by atoms with E-state index in [0.717, 1.165) is 38.1 Å². The fraction of sp³-hybridized carbons (Fsp3) is 0.846. The highest BCUT2D eigenvalue weighted by atomic mass is 32.2. The quantitative estimate of drug-likeness (QED) is 0.826. The first-order valence-corrected chi connectivity index (χ1v) is 7.92. The van der Waals surface area contributed by atoms with Gasteiger partial charge >= 0.3 is 12.0 Å². The molecule has 2 aliphatic rings. The zero-order valence-electron chi connectivity index (χ0n) is 11.4. The normalized spacial score (nSPS) is 25.5. The summed E-state index contributed by atoms with van der Waals surface area (Å²) >= 11 is 1.89. The smallest absolute Gasteiger partial charge is 0.317 e. The van der Waals surface area contributed by atoms with Gasteiger partial charge in [-0.05, 0) is 18.3 Å². The van der Waals surface area contributed by atoms with Gasteiger partial charge in [0.1, 0.15) is 0 Å². The lowest BCUT2D eigenvalue weighted by Gasteiger charge is -2.41. The van der Waals surface area contributed by atoms with Crippen molar-refractivity contribution in [3.05, 3.63) is 0 Å². The Hall–Kier alpha value is -0.910. The average molecular weight is 286 g/mol. The highest BCUT2D eigenvalue weighted by Crippen LogP contribution is 2.43. The number of rotatable bonds is 4. The number of thioether (sulfide) groups is 1. The first-order valence-electron chi connectivity index (χ1n) is 6.87. The summed E-state index contributed by atoms with van der Waals surface area (Å²) in [5.41, 5.74) is -0.197. The predicted octanol–water partition coefficient (Wildman–Crippen LogP) is 1.78. The van der Waals surface area contributed by atoms with Crippen LogP contribution in [0, 0.1) is 5.41 Å². The SMILES string of the molecule is CC1CN(C(=O)NCC2(CC(=O)O)CCC2)CCS1. The number of carbonyl (C=O) groups excluding carboxylic acids is 1. The molecule has 1 aliphatic carbocycles. The number of aliphatic carboxylic acids is 1. The molecule has 2 fully saturated rings. The Kier molecular flexibility index (Phi) is 4.60. The van der Waals surface area contributed by atoms with Crippen molar-refractivity contribution in [2.45, 2.75) is 37.9 Å². The van der Waals surface area contributed by atoms with E-state index in [1.165, 1.54) is 0 Å². The molecule has 0 aromatic rings. The fourth-order valence-corrected chi connectivity index (χ4v) is 3.80. The summed E-state index contributed by atoms with van der Waals surface area (Å²) in [5, 5.41) is 12.4. The van der Waals surface area contributed by atoms with Gasteiger partial charge in [0.25, 0.3) is 0 Å². The second-order valence-corrected chi connectivity index (χ2v) is 7.26. The summed E-state index contributed by atoms with van der Waals surface area (Å²) in [6.07, 6.45) is 3.05. The van der Waals surface area contributed by atoms with E-state index in [-0.39, 0.29) is 17.9 Å². The Labute approximate surface area is 118 Å². The highest BCUT2D eigenvalue weighted by Gasteiger charge is 2.39. The summed E-state index contributed by atoms with van der Waals surface area (Å²) < 4.78 is 0. The molecule has 19 heavy (non-hydrogen) atoms. The van der Waals surface area contributed by atoms with Crippen molar-refractivity contribution in [1.82, 2.24) is 10.2 Å². The fourth-order valence-electron chi connectivity index (χ4n) is 2.79. The standard InChI is InChI=1S/C13H22N2O3S/c1-10-8-15(5-6-19-10)12(18)14-9-13(3-2-4-13)7-11(16)17/h10H,2-9H2,1H3,(H,14,18)(H,16,17). The van der Waals surface area contributed by atoms with Gasteiger partial charge in [0.15, 0.2) is 0 Å². The largest absolute Gasteiger partial charge is 0.481 e. The monoisotopic (exact) mass is 286 g/mol. The van der Waals surface area contributed by atoms with Crippen molar-refractivity contribution >= 4 is 23.8 Å². The molecule has 0 spiro atoms. The van der Waals surface area contributed by atoms with E-state index in [1.54, 1.807) is 0 Å². The summed E-state index contributed by atoms with van der Waals surface area (Å²) in [5.74, 6) is 0.214. The Morgan fingerprint density at radius 1 is 1.47 bits per heavy atom. The topological polar surface area (TPSA) is 69.6 Å². The Bertz CT molecular complexity index is 358. The van der Waals surface area contributed by atoms with Crippen molar-refractivity contribution in [2.75, 3.05) is 25.4 Å². The van der Waals surface area contributed by atoms with Crippen LogP contribution in [-0.4, -0.2) is 52.6 Å². The van der Waals surface area contributed by atoms with E-state index >= 15 is 0 Å². The molecule has 1 atom stereocenters. The lowest BCUT2D eigenvalue weighted by atomic mass is 9.66. The maximum atomic E-state index is 12.1. The highest BCUT2D eigenvalue weighted by molar-refractivity contribution is 7.99. The van der Waals surface area contributed by atoms with Crippen LogP contribution in [0.25, 0.3) is 0 Å². The van der Waals surface area contributed by atoms with Crippen LogP contribution in [-0.2, 0) is 4.79 Å². The molecule has 6 heteroatoms. The van der Waals surface area contributed by atoms with Gasteiger partial charge in [0, 0.05) is 30.6 Å². The van der Waals surface area contributed by atoms with Crippen LogP contribution in [0.1, 0.15) is 32.6 Å². The molecule has 0 radical (unpaired) electrons. The minimum atomic E-state index is -0.767. The number of urea groups is 1. The summed E-state index contributed by atoms with van der Waals surface area (Å²) in [4.78, 5) is 24.8. The van der Waals surface area contributed by atoms with E-state index in [1.807, 2.05) is 16.7 Å². The lowest BCUT2D eigenvalue weighted by molar-refractivity contribution is -0.141. The van der Waals surface area contributed by atoms with E-state index < -0.39 is 5.97 Å². The third-order valence-electron chi connectivity index (χ3n) is 4.08.